The van der Waals surface area contributed by atoms with Crippen molar-refractivity contribution in [2.75, 3.05) is 12.4 Å². The average molecular weight is 394 g/mol. The summed E-state index contributed by atoms with van der Waals surface area (Å²) in [5.74, 6) is 0.971. The van der Waals surface area contributed by atoms with Crippen LogP contribution in [0.15, 0.2) is 89.3 Å². The molecule has 0 unspecified atom stereocenters. The number of ether oxygens (including phenoxy) is 1. The number of anilines is 1. The lowest BCUT2D eigenvalue weighted by molar-refractivity contribution is 0.102. The van der Waals surface area contributed by atoms with E-state index in [-0.39, 0.29) is 5.91 Å². The summed E-state index contributed by atoms with van der Waals surface area (Å²) in [6.45, 7) is 0. The van der Waals surface area contributed by atoms with Gasteiger partial charge in [-0.2, -0.15) is 0 Å². The van der Waals surface area contributed by atoms with Crippen LogP contribution >= 0.6 is 0 Å². The van der Waals surface area contributed by atoms with Crippen molar-refractivity contribution in [3.8, 4) is 17.2 Å². The van der Waals surface area contributed by atoms with E-state index in [0.29, 0.717) is 34.0 Å². The maximum absolute atomic E-state index is 12.6. The van der Waals surface area contributed by atoms with E-state index >= 15 is 0 Å². The second kappa shape index (κ2) is 7.37. The van der Waals surface area contributed by atoms with E-state index in [4.69, 9.17) is 9.15 Å². The SMILES string of the molecule is COc1cccc(C(=O)Nc2ccc3oc(-c4cccc5ccccc45)nc3c2)c1. The standard InChI is InChI=1S/C25H18N2O3/c1-29-19-9-4-8-17(14-19)24(28)26-18-12-13-23-22(15-18)27-25(30-23)21-11-5-7-16-6-2-3-10-20(16)21/h2-15H,1H3,(H,26,28). The van der Waals surface area contributed by atoms with E-state index in [2.05, 4.69) is 28.5 Å². The maximum Gasteiger partial charge on any atom is 0.255 e. The summed E-state index contributed by atoms with van der Waals surface area (Å²) in [5, 5.41) is 5.11. The molecule has 0 saturated heterocycles. The number of fused-ring (bicyclic) bond motifs is 2. The number of amides is 1. The van der Waals surface area contributed by atoms with Gasteiger partial charge in [0.2, 0.25) is 5.89 Å². The molecule has 1 aromatic heterocycles. The molecule has 4 aromatic carbocycles. The fourth-order valence-electron chi connectivity index (χ4n) is 3.50. The summed E-state index contributed by atoms with van der Waals surface area (Å²) < 4.78 is 11.2. The Balaban J connectivity index is 1.47. The smallest absolute Gasteiger partial charge is 0.255 e. The van der Waals surface area contributed by atoms with Gasteiger partial charge >= 0.3 is 0 Å². The Labute approximate surface area is 172 Å². The van der Waals surface area contributed by atoms with Crippen LogP contribution in [0, 0.1) is 0 Å². The van der Waals surface area contributed by atoms with E-state index in [1.54, 1.807) is 37.4 Å². The lowest BCUT2D eigenvalue weighted by atomic mass is 10.0. The molecular weight excluding hydrogens is 376 g/mol. The number of aromatic nitrogens is 1. The highest BCUT2D eigenvalue weighted by Crippen LogP contribution is 2.31. The Kier molecular flexibility index (Phi) is 4.41. The van der Waals surface area contributed by atoms with Crippen LogP contribution < -0.4 is 10.1 Å². The van der Waals surface area contributed by atoms with Crippen LogP contribution in [0.4, 0.5) is 5.69 Å². The van der Waals surface area contributed by atoms with Gasteiger partial charge in [-0.3, -0.25) is 4.79 Å². The second-order valence-corrected chi connectivity index (χ2v) is 6.91. The first kappa shape index (κ1) is 17.9. The first-order chi connectivity index (χ1) is 14.7. The molecule has 0 radical (unpaired) electrons. The van der Waals surface area contributed by atoms with Crippen molar-refractivity contribution in [1.29, 1.82) is 0 Å². The van der Waals surface area contributed by atoms with Gasteiger partial charge in [0.05, 0.1) is 7.11 Å². The number of nitrogens with one attached hydrogen (secondary N) is 1. The molecule has 0 fully saturated rings. The summed E-state index contributed by atoms with van der Waals surface area (Å²) in [6, 6.07) is 26.6. The lowest BCUT2D eigenvalue weighted by Crippen LogP contribution is -2.11. The number of benzene rings is 4. The number of hydrogen-bond donors (Lipinski definition) is 1. The Hall–Kier alpha value is -4.12. The van der Waals surface area contributed by atoms with E-state index in [1.807, 2.05) is 36.4 Å². The predicted octanol–water partition coefficient (Wildman–Crippen LogP) is 5.91. The Morgan fingerprint density at radius 3 is 2.67 bits per heavy atom. The molecule has 30 heavy (non-hydrogen) atoms. The van der Waals surface area contributed by atoms with Crippen LogP contribution in [-0.4, -0.2) is 18.0 Å². The topological polar surface area (TPSA) is 64.4 Å². The molecule has 0 spiro atoms. The van der Waals surface area contributed by atoms with Crippen molar-refractivity contribution in [2.24, 2.45) is 0 Å². The van der Waals surface area contributed by atoms with Crippen molar-refractivity contribution in [1.82, 2.24) is 4.98 Å². The van der Waals surface area contributed by atoms with Crippen LogP contribution in [-0.2, 0) is 0 Å². The molecule has 5 nitrogen and oxygen atoms in total. The summed E-state index contributed by atoms with van der Waals surface area (Å²) in [4.78, 5) is 17.2. The average Bonchev–Trinajstić information content (AvgIpc) is 3.22. The van der Waals surface area contributed by atoms with Crippen LogP contribution in [0.25, 0.3) is 33.3 Å². The quantitative estimate of drug-likeness (QED) is 0.412. The zero-order valence-corrected chi connectivity index (χ0v) is 16.3. The molecule has 5 heteroatoms. The van der Waals surface area contributed by atoms with E-state index in [9.17, 15) is 4.79 Å². The van der Waals surface area contributed by atoms with Crippen LogP contribution in [0.3, 0.4) is 0 Å². The Bertz CT molecular complexity index is 1380. The second-order valence-electron chi connectivity index (χ2n) is 6.91. The molecule has 0 saturated carbocycles. The normalized spacial score (nSPS) is 11.0. The summed E-state index contributed by atoms with van der Waals surface area (Å²) in [7, 11) is 1.57. The van der Waals surface area contributed by atoms with Gasteiger partial charge in [0, 0.05) is 16.8 Å². The number of carbonyl (C=O) groups excluding carboxylic acids is 1. The number of carbonyl (C=O) groups is 1. The third-order valence-electron chi connectivity index (χ3n) is 5.00. The number of rotatable bonds is 4. The highest BCUT2D eigenvalue weighted by atomic mass is 16.5. The molecular formula is C25H18N2O3. The lowest BCUT2D eigenvalue weighted by Gasteiger charge is -2.06. The molecule has 1 amide bonds. The van der Waals surface area contributed by atoms with Gasteiger partial charge in [-0.15, -0.1) is 0 Å². The van der Waals surface area contributed by atoms with E-state index < -0.39 is 0 Å². The molecule has 1 N–H and O–H groups in total. The number of methoxy groups -OCH3 is 1. The van der Waals surface area contributed by atoms with Crippen LogP contribution in [0.2, 0.25) is 0 Å². The first-order valence-electron chi connectivity index (χ1n) is 9.55. The van der Waals surface area contributed by atoms with Gasteiger partial charge in [0.15, 0.2) is 5.58 Å². The van der Waals surface area contributed by atoms with Gasteiger partial charge < -0.3 is 14.5 Å². The third-order valence-corrected chi connectivity index (χ3v) is 5.00. The third kappa shape index (κ3) is 3.26. The Morgan fingerprint density at radius 1 is 0.933 bits per heavy atom. The van der Waals surface area contributed by atoms with Crippen molar-refractivity contribution in [3.05, 3.63) is 90.5 Å². The highest BCUT2D eigenvalue weighted by molar-refractivity contribution is 6.05. The fourth-order valence-corrected chi connectivity index (χ4v) is 3.50. The molecule has 0 bridgehead atoms. The monoisotopic (exact) mass is 394 g/mol. The molecule has 5 aromatic rings. The van der Waals surface area contributed by atoms with Gasteiger partial charge in [0.25, 0.3) is 5.91 Å². The first-order valence-corrected chi connectivity index (χ1v) is 9.55. The minimum Gasteiger partial charge on any atom is -0.497 e. The van der Waals surface area contributed by atoms with Crippen molar-refractivity contribution in [3.63, 3.8) is 0 Å². The molecule has 0 aliphatic heterocycles. The minimum atomic E-state index is -0.217. The van der Waals surface area contributed by atoms with Gasteiger partial charge in [-0.05, 0) is 53.2 Å². The molecule has 0 atom stereocenters. The molecule has 0 aliphatic carbocycles. The fraction of sp³-hybridized carbons (Fsp3) is 0.0400. The van der Waals surface area contributed by atoms with E-state index in [0.717, 1.165) is 16.3 Å². The highest BCUT2D eigenvalue weighted by Gasteiger charge is 2.13. The van der Waals surface area contributed by atoms with Crippen LogP contribution in [0.5, 0.6) is 5.75 Å². The van der Waals surface area contributed by atoms with Gasteiger partial charge in [0.1, 0.15) is 11.3 Å². The molecule has 1 heterocycles. The van der Waals surface area contributed by atoms with Crippen LogP contribution in [0.1, 0.15) is 10.4 Å². The zero-order valence-electron chi connectivity index (χ0n) is 16.3. The van der Waals surface area contributed by atoms with Gasteiger partial charge in [-0.1, -0.05) is 42.5 Å². The number of nitrogens with zero attached hydrogens (tertiary/aromatic N) is 1. The van der Waals surface area contributed by atoms with Gasteiger partial charge in [-0.25, -0.2) is 4.98 Å². The van der Waals surface area contributed by atoms with E-state index in [1.165, 1.54) is 0 Å². The zero-order chi connectivity index (χ0) is 20.5. The molecule has 5 rings (SSSR count). The minimum absolute atomic E-state index is 0.217. The molecule has 0 aliphatic rings. The predicted molar refractivity (Wildman–Crippen MR) is 118 cm³/mol. The summed E-state index contributed by atoms with van der Waals surface area (Å²) in [5.41, 5.74) is 3.45. The van der Waals surface area contributed by atoms with Crippen molar-refractivity contribution < 1.29 is 13.9 Å². The van der Waals surface area contributed by atoms with Crippen molar-refractivity contribution >= 4 is 33.5 Å². The number of oxazole rings is 1. The Morgan fingerprint density at radius 2 is 1.77 bits per heavy atom. The maximum atomic E-state index is 12.6. The summed E-state index contributed by atoms with van der Waals surface area (Å²) in [6.07, 6.45) is 0. The largest absolute Gasteiger partial charge is 0.497 e. The van der Waals surface area contributed by atoms with Crippen molar-refractivity contribution in [2.45, 2.75) is 0 Å². The summed E-state index contributed by atoms with van der Waals surface area (Å²) >= 11 is 0. The number of hydrogen-bond acceptors (Lipinski definition) is 4. The molecule has 146 valence electrons.